The van der Waals surface area contributed by atoms with Crippen LogP contribution in [0, 0.1) is 6.92 Å². The molecule has 0 saturated heterocycles. The molecular weight excluding hydrogens is 342 g/mol. The number of anilines is 1. The lowest BCUT2D eigenvalue weighted by Crippen LogP contribution is -2.23. The van der Waals surface area contributed by atoms with Gasteiger partial charge in [0.2, 0.25) is 0 Å². The van der Waals surface area contributed by atoms with Crippen molar-refractivity contribution in [3.05, 3.63) is 52.4 Å². The van der Waals surface area contributed by atoms with Gasteiger partial charge in [-0.25, -0.2) is 9.59 Å². The number of nitrogens with one attached hydrogen (secondary N) is 2. The van der Waals surface area contributed by atoms with Gasteiger partial charge in [0.1, 0.15) is 6.61 Å². The molecule has 0 radical (unpaired) electrons. The van der Waals surface area contributed by atoms with Crippen molar-refractivity contribution >= 4 is 35.0 Å². The molecule has 0 aliphatic carbocycles. The van der Waals surface area contributed by atoms with Crippen LogP contribution in [0.4, 0.5) is 5.69 Å². The maximum Gasteiger partial charge on any atom is 0.340 e. The Kier molecular flexibility index (Phi) is 4.45. The van der Waals surface area contributed by atoms with E-state index < -0.39 is 5.97 Å². The largest absolute Gasteiger partial charge is 0.465 e. The molecule has 3 rings (SSSR count). The number of thiocarbonyl (C=S) groups is 1. The highest BCUT2D eigenvalue weighted by Crippen LogP contribution is 2.38. The summed E-state index contributed by atoms with van der Waals surface area (Å²) in [4.78, 5) is 24.4. The smallest absolute Gasteiger partial charge is 0.340 e. The molecule has 4 N–H and O–H groups in total. The Hall–Kier alpha value is -2.87. The number of hydrogen-bond donors (Lipinski definition) is 3. The predicted molar refractivity (Wildman–Crippen MR) is 95.9 cm³/mol. The van der Waals surface area contributed by atoms with Crippen LogP contribution in [0.2, 0.25) is 0 Å². The minimum atomic E-state index is -0.515. The fraction of sp³-hybridized carbons (Fsp3) is 0.235. The molecule has 0 aromatic heterocycles. The van der Waals surface area contributed by atoms with E-state index in [0.717, 1.165) is 11.3 Å². The standard InChI is InChI=1S/C17H17N3O4S/c1-8-9(10-5-6-19-12-7-24-16(22)14(10)12)3-4-11(20-17(18)25)13(8)15(21)23-2/h3-6,10,19H,7H2,1-2H3,(H3,18,20,25). The van der Waals surface area contributed by atoms with Gasteiger partial charge in [0.05, 0.1) is 29.6 Å². The molecule has 0 spiro atoms. The predicted octanol–water partition coefficient (Wildman–Crippen LogP) is 1.45. The Bertz CT molecular complexity index is 845. The van der Waals surface area contributed by atoms with Gasteiger partial charge in [-0.05, 0) is 42.5 Å². The lowest BCUT2D eigenvalue weighted by Gasteiger charge is -2.22. The van der Waals surface area contributed by atoms with Crippen molar-refractivity contribution in [2.45, 2.75) is 12.8 Å². The van der Waals surface area contributed by atoms with Crippen molar-refractivity contribution < 1.29 is 19.1 Å². The zero-order valence-electron chi connectivity index (χ0n) is 13.7. The van der Waals surface area contributed by atoms with Crippen LogP contribution >= 0.6 is 12.2 Å². The fourth-order valence-electron chi connectivity index (χ4n) is 3.12. The van der Waals surface area contributed by atoms with E-state index in [1.54, 1.807) is 19.2 Å². The van der Waals surface area contributed by atoms with Crippen LogP contribution in [0.5, 0.6) is 0 Å². The summed E-state index contributed by atoms with van der Waals surface area (Å²) in [5.74, 6) is -1.19. The van der Waals surface area contributed by atoms with Gasteiger partial charge in [-0.15, -0.1) is 0 Å². The van der Waals surface area contributed by atoms with Gasteiger partial charge in [-0.3, -0.25) is 0 Å². The number of hydrogen-bond acceptors (Lipinski definition) is 6. The fourth-order valence-corrected chi connectivity index (χ4v) is 3.23. The van der Waals surface area contributed by atoms with E-state index in [-0.39, 0.29) is 23.6 Å². The number of methoxy groups -OCH3 is 1. The van der Waals surface area contributed by atoms with E-state index in [2.05, 4.69) is 10.6 Å². The van der Waals surface area contributed by atoms with Crippen LogP contribution in [-0.4, -0.2) is 30.8 Å². The number of rotatable bonds is 3. The molecule has 1 unspecified atom stereocenters. The number of carbonyl (C=O) groups is 2. The van der Waals surface area contributed by atoms with E-state index in [1.165, 1.54) is 7.11 Å². The number of benzene rings is 1. The second-order valence-corrected chi connectivity index (χ2v) is 6.07. The van der Waals surface area contributed by atoms with Crippen LogP contribution in [-0.2, 0) is 14.3 Å². The summed E-state index contributed by atoms with van der Waals surface area (Å²) in [5.41, 5.74) is 9.09. The average Bonchev–Trinajstić information content (AvgIpc) is 2.96. The van der Waals surface area contributed by atoms with Crippen molar-refractivity contribution in [3.8, 4) is 0 Å². The minimum Gasteiger partial charge on any atom is -0.465 e. The van der Waals surface area contributed by atoms with Crippen LogP contribution < -0.4 is 16.4 Å². The first-order valence-electron chi connectivity index (χ1n) is 7.55. The van der Waals surface area contributed by atoms with Crippen molar-refractivity contribution in [2.24, 2.45) is 5.73 Å². The monoisotopic (exact) mass is 359 g/mol. The molecule has 0 fully saturated rings. The van der Waals surface area contributed by atoms with Gasteiger partial charge < -0.3 is 25.8 Å². The summed E-state index contributed by atoms with van der Waals surface area (Å²) < 4.78 is 10.0. The number of ether oxygens (including phenoxy) is 2. The van der Waals surface area contributed by atoms with Gasteiger partial charge in [0.15, 0.2) is 5.11 Å². The molecule has 0 saturated carbocycles. The van der Waals surface area contributed by atoms with Crippen molar-refractivity contribution in [1.82, 2.24) is 5.32 Å². The van der Waals surface area contributed by atoms with Crippen LogP contribution in [0.25, 0.3) is 0 Å². The molecule has 2 aliphatic heterocycles. The number of nitrogens with two attached hydrogens (primary N) is 1. The van der Waals surface area contributed by atoms with E-state index in [1.807, 2.05) is 12.1 Å². The molecule has 7 nitrogen and oxygen atoms in total. The molecule has 1 aromatic rings. The number of esters is 2. The van der Waals surface area contributed by atoms with Crippen LogP contribution in [0.15, 0.2) is 35.7 Å². The molecule has 2 heterocycles. The third-order valence-corrected chi connectivity index (χ3v) is 4.34. The average molecular weight is 359 g/mol. The highest BCUT2D eigenvalue weighted by atomic mass is 32.1. The maximum atomic E-state index is 12.3. The van der Waals surface area contributed by atoms with Crippen molar-refractivity contribution in [2.75, 3.05) is 19.0 Å². The van der Waals surface area contributed by atoms with Gasteiger partial charge in [-0.1, -0.05) is 12.1 Å². The SMILES string of the molecule is COC(=O)c1c(NC(N)=S)ccc(C2C=CNC3=C2C(=O)OC3)c1C. The van der Waals surface area contributed by atoms with Crippen molar-refractivity contribution in [1.29, 1.82) is 0 Å². The Balaban J connectivity index is 2.13. The molecule has 25 heavy (non-hydrogen) atoms. The summed E-state index contributed by atoms with van der Waals surface area (Å²) in [5, 5.41) is 5.87. The Labute approximate surface area is 149 Å². The number of cyclic esters (lactones) is 1. The Morgan fingerprint density at radius 1 is 1.48 bits per heavy atom. The summed E-state index contributed by atoms with van der Waals surface area (Å²) in [7, 11) is 1.30. The third kappa shape index (κ3) is 2.96. The normalized spacial score (nSPS) is 18.3. The molecule has 0 bridgehead atoms. The lowest BCUT2D eigenvalue weighted by atomic mass is 9.84. The van der Waals surface area contributed by atoms with Gasteiger partial charge in [-0.2, -0.15) is 0 Å². The van der Waals surface area contributed by atoms with Crippen LogP contribution in [0.3, 0.4) is 0 Å². The Morgan fingerprint density at radius 2 is 2.24 bits per heavy atom. The first-order valence-corrected chi connectivity index (χ1v) is 7.96. The maximum absolute atomic E-state index is 12.3. The van der Waals surface area contributed by atoms with Crippen molar-refractivity contribution in [3.63, 3.8) is 0 Å². The second kappa shape index (κ2) is 6.56. The van der Waals surface area contributed by atoms with Gasteiger partial charge in [0, 0.05) is 5.92 Å². The minimum absolute atomic E-state index is 0.0448. The summed E-state index contributed by atoms with van der Waals surface area (Å²) >= 11 is 4.86. The summed E-state index contributed by atoms with van der Waals surface area (Å²) in [6.07, 6.45) is 3.62. The number of allylic oxidation sites excluding steroid dienone is 1. The molecule has 8 heteroatoms. The first-order chi connectivity index (χ1) is 11.9. The lowest BCUT2D eigenvalue weighted by molar-refractivity contribution is -0.136. The van der Waals surface area contributed by atoms with E-state index in [9.17, 15) is 9.59 Å². The first kappa shape index (κ1) is 17.0. The molecular formula is C17H17N3O4S. The third-order valence-electron chi connectivity index (χ3n) is 4.24. The van der Waals surface area contributed by atoms with E-state index >= 15 is 0 Å². The van der Waals surface area contributed by atoms with E-state index in [4.69, 9.17) is 27.4 Å². The molecule has 1 atom stereocenters. The van der Waals surface area contributed by atoms with Gasteiger partial charge >= 0.3 is 11.9 Å². The molecule has 130 valence electrons. The Morgan fingerprint density at radius 3 is 2.92 bits per heavy atom. The summed E-state index contributed by atoms with van der Waals surface area (Å²) in [6, 6.07) is 3.53. The zero-order chi connectivity index (χ0) is 18.1. The van der Waals surface area contributed by atoms with E-state index in [0.29, 0.717) is 22.4 Å². The number of dihydropyridines is 1. The highest BCUT2D eigenvalue weighted by molar-refractivity contribution is 7.80. The van der Waals surface area contributed by atoms with Gasteiger partial charge in [0.25, 0.3) is 0 Å². The number of carbonyl (C=O) groups excluding carboxylic acids is 2. The topological polar surface area (TPSA) is 103 Å². The zero-order valence-corrected chi connectivity index (χ0v) is 14.5. The second-order valence-electron chi connectivity index (χ2n) is 5.63. The van der Waals surface area contributed by atoms with Crippen LogP contribution in [0.1, 0.15) is 27.4 Å². The quantitative estimate of drug-likeness (QED) is 0.550. The summed E-state index contributed by atoms with van der Waals surface area (Å²) in [6.45, 7) is 2.02. The molecule has 1 aromatic carbocycles. The molecule has 0 amide bonds. The highest BCUT2D eigenvalue weighted by Gasteiger charge is 2.34. The molecule has 2 aliphatic rings.